The smallest absolute Gasteiger partial charge is 0.274 e. The monoisotopic (exact) mass is 449 g/mol. The van der Waals surface area contributed by atoms with Gasteiger partial charge in [-0.25, -0.2) is 4.98 Å². The lowest BCUT2D eigenvalue weighted by Crippen LogP contribution is -2.46. The number of aryl methyl sites for hydroxylation is 2. The van der Waals surface area contributed by atoms with Crippen LogP contribution in [0.3, 0.4) is 0 Å². The average molecular weight is 450 g/mol. The zero-order chi connectivity index (χ0) is 23.1. The van der Waals surface area contributed by atoms with Gasteiger partial charge in [0.15, 0.2) is 0 Å². The summed E-state index contributed by atoms with van der Waals surface area (Å²) in [7, 11) is 3.67. The molecule has 33 heavy (non-hydrogen) atoms. The Morgan fingerprint density at radius 3 is 2.55 bits per heavy atom. The lowest BCUT2D eigenvalue weighted by atomic mass is 10.0. The third-order valence-corrected chi connectivity index (χ3v) is 7.22. The Labute approximate surface area is 193 Å². The first-order chi connectivity index (χ1) is 15.9. The highest BCUT2D eigenvalue weighted by Crippen LogP contribution is 2.31. The summed E-state index contributed by atoms with van der Waals surface area (Å²) in [6, 6.07) is 3.84. The molecule has 9 heteroatoms. The zero-order valence-electron chi connectivity index (χ0n) is 19.6. The topological polar surface area (TPSA) is 89.2 Å². The van der Waals surface area contributed by atoms with E-state index in [4.69, 9.17) is 4.98 Å². The van der Waals surface area contributed by atoms with E-state index in [0.29, 0.717) is 11.6 Å². The van der Waals surface area contributed by atoms with Crippen LogP contribution < -0.4 is 10.5 Å². The second kappa shape index (κ2) is 8.61. The minimum Gasteiger partial charge on any atom is -0.341 e. The normalized spacial score (nSPS) is 17.7. The second-order valence-corrected chi connectivity index (χ2v) is 9.39. The van der Waals surface area contributed by atoms with E-state index in [2.05, 4.69) is 15.0 Å². The highest BCUT2D eigenvalue weighted by atomic mass is 16.2. The van der Waals surface area contributed by atoms with E-state index in [1.54, 1.807) is 23.0 Å². The van der Waals surface area contributed by atoms with Gasteiger partial charge >= 0.3 is 0 Å². The van der Waals surface area contributed by atoms with Crippen molar-refractivity contribution in [1.29, 1.82) is 0 Å². The molecule has 1 saturated carbocycles. The third kappa shape index (κ3) is 4.00. The van der Waals surface area contributed by atoms with Gasteiger partial charge in [0.2, 0.25) is 5.95 Å². The molecule has 0 atom stereocenters. The molecule has 0 radical (unpaired) electrons. The fourth-order valence-corrected chi connectivity index (χ4v) is 5.26. The first kappa shape index (κ1) is 21.6. The molecule has 1 amide bonds. The maximum Gasteiger partial charge on any atom is 0.274 e. The standard InChI is InChI=1S/C24H31N7O2/c1-16-14-21(32)31(18-6-4-5-7-18)22-19(16)15-25-24(26-22)30-12-8-17(9-13-30)29(3)23(33)20-10-11-28(2)27-20/h10-11,14-15,17-18H,4-9,12-13H2,1-3H3. The summed E-state index contributed by atoms with van der Waals surface area (Å²) in [5.74, 6) is 0.614. The summed E-state index contributed by atoms with van der Waals surface area (Å²) >= 11 is 0. The number of carbonyl (C=O) groups excluding carboxylic acids is 1. The number of carbonyl (C=O) groups is 1. The number of amides is 1. The average Bonchev–Trinajstić information content (AvgIpc) is 3.50. The summed E-state index contributed by atoms with van der Waals surface area (Å²) < 4.78 is 3.54. The molecule has 2 fully saturated rings. The Balaban J connectivity index is 1.36. The van der Waals surface area contributed by atoms with Gasteiger partial charge < -0.3 is 9.80 Å². The third-order valence-electron chi connectivity index (χ3n) is 7.22. The Kier molecular flexibility index (Phi) is 5.64. The number of rotatable bonds is 4. The predicted octanol–water partition coefficient (Wildman–Crippen LogP) is 2.69. The molecule has 1 aliphatic heterocycles. The molecular formula is C24H31N7O2. The van der Waals surface area contributed by atoms with E-state index in [9.17, 15) is 9.59 Å². The van der Waals surface area contributed by atoms with Crippen LogP contribution in [0, 0.1) is 6.92 Å². The number of nitrogens with zero attached hydrogens (tertiary/aromatic N) is 7. The Morgan fingerprint density at radius 1 is 1.15 bits per heavy atom. The number of pyridine rings is 1. The molecule has 9 nitrogen and oxygen atoms in total. The van der Waals surface area contributed by atoms with Crippen LogP contribution in [0.5, 0.6) is 0 Å². The van der Waals surface area contributed by atoms with Gasteiger partial charge in [0.25, 0.3) is 11.5 Å². The van der Waals surface area contributed by atoms with Gasteiger partial charge in [-0.1, -0.05) is 12.8 Å². The van der Waals surface area contributed by atoms with Crippen LogP contribution in [0.25, 0.3) is 11.0 Å². The molecule has 0 unspecified atom stereocenters. The van der Waals surface area contributed by atoms with Crippen molar-refractivity contribution in [2.45, 2.75) is 57.5 Å². The molecule has 0 spiro atoms. The molecule has 0 N–H and O–H groups in total. The largest absolute Gasteiger partial charge is 0.341 e. The number of fused-ring (bicyclic) bond motifs is 1. The highest BCUT2D eigenvalue weighted by Gasteiger charge is 2.28. The van der Waals surface area contributed by atoms with E-state index in [1.807, 2.05) is 36.7 Å². The number of hydrogen-bond acceptors (Lipinski definition) is 6. The zero-order valence-corrected chi connectivity index (χ0v) is 19.6. The number of piperidine rings is 1. The molecule has 174 valence electrons. The van der Waals surface area contributed by atoms with E-state index >= 15 is 0 Å². The second-order valence-electron chi connectivity index (χ2n) is 9.39. The van der Waals surface area contributed by atoms with Gasteiger partial charge in [0.1, 0.15) is 11.3 Å². The molecule has 3 aromatic rings. The molecule has 1 saturated heterocycles. The Hall–Kier alpha value is -3.23. The van der Waals surface area contributed by atoms with Gasteiger partial charge in [-0.2, -0.15) is 10.1 Å². The van der Waals surface area contributed by atoms with Gasteiger partial charge in [-0.3, -0.25) is 18.8 Å². The van der Waals surface area contributed by atoms with Crippen molar-refractivity contribution >= 4 is 22.9 Å². The fraction of sp³-hybridized carbons (Fsp3) is 0.542. The molecule has 2 aliphatic rings. The van der Waals surface area contributed by atoms with E-state index in [0.717, 1.165) is 68.2 Å². The number of anilines is 1. The summed E-state index contributed by atoms with van der Waals surface area (Å²) in [5, 5.41) is 5.19. The van der Waals surface area contributed by atoms with Crippen LogP contribution in [0.4, 0.5) is 5.95 Å². The van der Waals surface area contributed by atoms with Crippen molar-refractivity contribution in [2.75, 3.05) is 25.0 Å². The molecule has 3 aromatic heterocycles. The van der Waals surface area contributed by atoms with Crippen LogP contribution in [0.1, 0.15) is 60.6 Å². The van der Waals surface area contributed by atoms with Crippen LogP contribution in [0.2, 0.25) is 0 Å². The molecule has 5 rings (SSSR count). The fourth-order valence-electron chi connectivity index (χ4n) is 5.26. The van der Waals surface area contributed by atoms with Crippen LogP contribution >= 0.6 is 0 Å². The van der Waals surface area contributed by atoms with Gasteiger partial charge in [-0.05, 0) is 44.2 Å². The van der Waals surface area contributed by atoms with Crippen LogP contribution in [-0.2, 0) is 7.05 Å². The van der Waals surface area contributed by atoms with Crippen molar-refractivity contribution < 1.29 is 4.79 Å². The van der Waals surface area contributed by atoms with E-state index in [1.165, 1.54) is 0 Å². The van der Waals surface area contributed by atoms with Crippen LogP contribution in [-0.4, -0.2) is 61.3 Å². The molecule has 0 bridgehead atoms. The lowest BCUT2D eigenvalue weighted by molar-refractivity contribution is 0.0702. The maximum absolute atomic E-state index is 12.9. The SMILES string of the molecule is Cc1cc(=O)n(C2CCCC2)c2nc(N3CCC(N(C)C(=O)c4ccn(C)n4)CC3)ncc12. The number of aromatic nitrogens is 5. The highest BCUT2D eigenvalue weighted by molar-refractivity contribution is 5.92. The Morgan fingerprint density at radius 2 is 1.88 bits per heavy atom. The van der Waals surface area contributed by atoms with Gasteiger partial charge in [-0.15, -0.1) is 0 Å². The van der Waals surface area contributed by atoms with Crippen molar-refractivity contribution in [1.82, 2.24) is 29.2 Å². The van der Waals surface area contributed by atoms with Crippen molar-refractivity contribution in [3.8, 4) is 0 Å². The van der Waals surface area contributed by atoms with Crippen molar-refractivity contribution in [3.63, 3.8) is 0 Å². The van der Waals surface area contributed by atoms with Crippen LogP contribution in [0.15, 0.2) is 29.3 Å². The quantitative estimate of drug-likeness (QED) is 0.608. The minimum atomic E-state index is -0.0490. The van der Waals surface area contributed by atoms with E-state index < -0.39 is 0 Å². The predicted molar refractivity (Wildman–Crippen MR) is 127 cm³/mol. The number of hydrogen-bond donors (Lipinski definition) is 0. The van der Waals surface area contributed by atoms with E-state index in [-0.39, 0.29) is 23.6 Å². The molecule has 1 aliphatic carbocycles. The maximum atomic E-state index is 12.9. The van der Waals surface area contributed by atoms with Crippen molar-refractivity contribution in [2.24, 2.45) is 7.05 Å². The summed E-state index contributed by atoms with van der Waals surface area (Å²) in [4.78, 5) is 39.2. The molecule has 0 aromatic carbocycles. The Bertz CT molecular complexity index is 1230. The van der Waals surface area contributed by atoms with Crippen molar-refractivity contribution in [3.05, 3.63) is 46.1 Å². The minimum absolute atomic E-state index is 0.0323. The van der Waals surface area contributed by atoms with Gasteiger partial charge in [0.05, 0.1) is 0 Å². The first-order valence-corrected chi connectivity index (χ1v) is 11.8. The van der Waals surface area contributed by atoms with Gasteiger partial charge in [0, 0.05) is 63.1 Å². The molecular weight excluding hydrogens is 418 g/mol. The molecule has 4 heterocycles. The summed E-state index contributed by atoms with van der Waals surface area (Å²) in [6.07, 6.45) is 9.68. The lowest BCUT2D eigenvalue weighted by Gasteiger charge is -2.36. The summed E-state index contributed by atoms with van der Waals surface area (Å²) in [6.45, 7) is 3.47. The summed E-state index contributed by atoms with van der Waals surface area (Å²) in [5.41, 5.74) is 2.18. The first-order valence-electron chi connectivity index (χ1n) is 11.8.